The van der Waals surface area contributed by atoms with E-state index in [0.717, 1.165) is 21.9 Å². The Kier molecular flexibility index (Phi) is 8.62. The molecule has 0 aliphatic heterocycles. The number of alkyl carbamates (subject to hydrolysis) is 1. The van der Waals surface area contributed by atoms with Crippen LogP contribution >= 0.6 is 0 Å². The number of carbonyl (C=O) groups is 3. The van der Waals surface area contributed by atoms with Crippen LogP contribution in [0.15, 0.2) is 72.8 Å². The monoisotopic (exact) mass is 462 g/mol. The molecular weight excluding hydrogens is 432 g/mol. The van der Waals surface area contributed by atoms with Crippen LogP contribution in [0, 0.1) is 5.92 Å². The molecule has 2 amide bonds. The van der Waals surface area contributed by atoms with Crippen LogP contribution in [0.1, 0.15) is 25.0 Å². The van der Waals surface area contributed by atoms with Crippen LogP contribution in [-0.2, 0) is 32.1 Å². The van der Waals surface area contributed by atoms with Crippen LogP contribution < -0.4 is 10.6 Å². The number of rotatable bonds is 9. The van der Waals surface area contributed by atoms with Gasteiger partial charge in [0.25, 0.3) is 0 Å². The highest BCUT2D eigenvalue weighted by molar-refractivity contribution is 5.91. The summed E-state index contributed by atoms with van der Waals surface area (Å²) in [5.41, 5.74) is 1.74. The molecule has 0 aliphatic carbocycles. The van der Waals surface area contributed by atoms with Crippen molar-refractivity contribution in [3.8, 4) is 0 Å². The molecule has 2 N–H and O–H groups in total. The first-order chi connectivity index (χ1) is 16.4. The van der Waals surface area contributed by atoms with E-state index in [-0.39, 0.29) is 18.9 Å². The van der Waals surface area contributed by atoms with Gasteiger partial charge in [0, 0.05) is 6.42 Å². The molecule has 0 unspecified atom stereocenters. The molecule has 0 bridgehead atoms. The number of esters is 1. The van der Waals surface area contributed by atoms with Gasteiger partial charge in [0.2, 0.25) is 5.91 Å². The first-order valence-corrected chi connectivity index (χ1v) is 11.2. The third-order valence-corrected chi connectivity index (χ3v) is 5.54. The van der Waals surface area contributed by atoms with Crippen molar-refractivity contribution >= 4 is 28.7 Å². The third-order valence-electron chi connectivity index (χ3n) is 5.54. The fourth-order valence-corrected chi connectivity index (χ4v) is 3.71. The van der Waals surface area contributed by atoms with E-state index in [1.165, 1.54) is 7.11 Å². The first-order valence-electron chi connectivity index (χ1n) is 11.2. The molecule has 0 fully saturated rings. The number of carbonyl (C=O) groups excluding carboxylic acids is 3. The van der Waals surface area contributed by atoms with Gasteiger partial charge in [0.15, 0.2) is 0 Å². The molecule has 2 atom stereocenters. The van der Waals surface area contributed by atoms with E-state index >= 15 is 0 Å². The van der Waals surface area contributed by atoms with E-state index in [1.54, 1.807) is 13.8 Å². The predicted octanol–water partition coefficient (Wildman–Crippen LogP) is 3.99. The molecule has 3 aromatic carbocycles. The molecule has 3 aromatic rings. The topological polar surface area (TPSA) is 93.7 Å². The summed E-state index contributed by atoms with van der Waals surface area (Å²) in [5.74, 6) is -1.28. The minimum absolute atomic E-state index is 0.0883. The van der Waals surface area contributed by atoms with E-state index in [9.17, 15) is 14.4 Å². The van der Waals surface area contributed by atoms with Crippen LogP contribution in [0.25, 0.3) is 10.8 Å². The second-order valence-corrected chi connectivity index (χ2v) is 8.35. The minimum atomic E-state index is -0.910. The Morgan fingerprint density at radius 2 is 1.53 bits per heavy atom. The number of hydrogen-bond donors (Lipinski definition) is 2. The van der Waals surface area contributed by atoms with E-state index in [1.807, 2.05) is 72.8 Å². The second kappa shape index (κ2) is 11.8. The summed E-state index contributed by atoms with van der Waals surface area (Å²) in [6.45, 7) is 3.70. The Labute approximate surface area is 199 Å². The average molecular weight is 463 g/mol. The van der Waals surface area contributed by atoms with Crippen LogP contribution in [0.4, 0.5) is 4.79 Å². The van der Waals surface area contributed by atoms with Crippen molar-refractivity contribution < 1.29 is 23.9 Å². The molecule has 0 saturated heterocycles. The van der Waals surface area contributed by atoms with Gasteiger partial charge in [0.1, 0.15) is 18.7 Å². The molecule has 0 spiro atoms. The minimum Gasteiger partial charge on any atom is -0.467 e. The molecule has 0 aliphatic rings. The number of benzene rings is 3. The van der Waals surface area contributed by atoms with Crippen molar-refractivity contribution in [2.24, 2.45) is 5.92 Å². The number of methoxy groups -OCH3 is 1. The lowest BCUT2D eigenvalue weighted by Gasteiger charge is -2.24. The van der Waals surface area contributed by atoms with Crippen molar-refractivity contribution in [2.45, 2.75) is 39.0 Å². The van der Waals surface area contributed by atoms with E-state index in [2.05, 4.69) is 10.6 Å². The summed E-state index contributed by atoms with van der Waals surface area (Å²) in [5, 5.41) is 7.41. The molecule has 7 heteroatoms. The highest BCUT2D eigenvalue weighted by Crippen LogP contribution is 2.20. The normalized spacial score (nSPS) is 12.6. The first kappa shape index (κ1) is 24.8. The highest BCUT2D eigenvalue weighted by atomic mass is 16.5. The molecule has 0 aromatic heterocycles. The summed E-state index contributed by atoms with van der Waals surface area (Å²) in [4.78, 5) is 37.9. The van der Waals surface area contributed by atoms with E-state index in [0.29, 0.717) is 0 Å². The zero-order valence-corrected chi connectivity index (χ0v) is 19.6. The fourth-order valence-electron chi connectivity index (χ4n) is 3.71. The maximum Gasteiger partial charge on any atom is 0.408 e. The van der Waals surface area contributed by atoms with Gasteiger partial charge >= 0.3 is 12.1 Å². The van der Waals surface area contributed by atoms with Crippen LogP contribution in [0.2, 0.25) is 0 Å². The lowest BCUT2D eigenvalue weighted by Crippen LogP contribution is -2.54. The fraction of sp³-hybridized carbons (Fsp3) is 0.296. The summed E-state index contributed by atoms with van der Waals surface area (Å²) >= 11 is 0. The van der Waals surface area contributed by atoms with Crippen molar-refractivity contribution in [3.05, 3.63) is 83.9 Å². The smallest absolute Gasteiger partial charge is 0.408 e. The van der Waals surface area contributed by atoms with Crippen molar-refractivity contribution in [1.29, 1.82) is 0 Å². The van der Waals surface area contributed by atoms with Gasteiger partial charge < -0.3 is 20.1 Å². The quantitative estimate of drug-likeness (QED) is 0.469. The van der Waals surface area contributed by atoms with Gasteiger partial charge in [-0.15, -0.1) is 0 Å². The Morgan fingerprint density at radius 1 is 0.853 bits per heavy atom. The van der Waals surface area contributed by atoms with Gasteiger partial charge in [-0.2, -0.15) is 0 Å². The Balaban J connectivity index is 1.69. The molecule has 7 nitrogen and oxygen atoms in total. The van der Waals surface area contributed by atoms with Crippen molar-refractivity contribution in [1.82, 2.24) is 10.6 Å². The largest absolute Gasteiger partial charge is 0.467 e. The number of nitrogens with one attached hydrogen (secondary N) is 2. The van der Waals surface area contributed by atoms with Crippen LogP contribution in [0.3, 0.4) is 0 Å². The number of fused-ring (bicyclic) bond motifs is 1. The summed E-state index contributed by atoms with van der Waals surface area (Å²) in [6.07, 6.45) is -0.454. The molecule has 3 rings (SSSR count). The van der Waals surface area contributed by atoms with Crippen LogP contribution in [-0.4, -0.2) is 37.2 Å². The summed E-state index contributed by atoms with van der Waals surface area (Å²) < 4.78 is 10.2. The zero-order valence-electron chi connectivity index (χ0n) is 19.6. The Bertz CT molecular complexity index is 1120. The van der Waals surface area contributed by atoms with E-state index < -0.39 is 30.1 Å². The lowest BCUT2D eigenvalue weighted by atomic mass is 9.98. The summed E-state index contributed by atoms with van der Waals surface area (Å²) in [7, 11) is 1.28. The maximum absolute atomic E-state index is 13.1. The molecule has 178 valence electrons. The Morgan fingerprint density at radius 3 is 2.24 bits per heavy atom. The number of hydrogen-bond acceptors (Lipinski definition) is 5. The van der Waals surface area contributed by atoms with Gasteiger partial charge in [-0.05, 0) is 27.8 Å². The summed E-state index contributed by atoms with van der Waals surface area (Å²) in [6, 6.07) is 21.1. The molecule has 0 heterocycles. The van der Waals surface area contributed by atoms with Crippen molar-refractivity contribution in [3.63, 3.8) is 0 Å². The van der Waals surface area contributed by atoms with Crippen molar-refractivity contribution in [2.75, 3.05) is 7.11 Å². The zero-order chi connectivity index (χ0) is 24.5. The van der Waals surface area contributed by atoms with Gasteiger partial charge in [-0.3, -0.25) is 4.79 Å². The predicted molar refractivity (Wildman–Crippen MR) is 130 cm³/mol. The highest BCUT2D eigenvalue weighted by Gasteiger charge is 2.30. The van der Waals surface area contributed by atoms with Gasteiger partial charge in [0.05, 0.1) is 7.11 Å². The number of amides is 2. The van der Waals surface area contributed by atoms with Gasteiger partial charge in [-0.25, -0.2) is 9.59 Å². The molecule has 0 radical (unpaired) electrons. The van der Waals surface area contributed by atoms with Crippen LogP contribution in [0.5, 0.6) is 0 Å². The number of ether oxygens (including phenoxy) is 2. The second-order valence-electron chi connectivity index (χ2n) is 8.35. The van der Waals surface area contributed by atoms with E-state index in [4.69, 9.17) is 9.47 Å². The SMILES string of the molecule is COC(=O)[C@@H](Cc1cccc2ccccc12)NC(=O)[C@H](NC(=O)OCc1ccccc1)C(C)C. The third kappa shape index (κ3) is 6.57. The Hall–Kier alpha value is -3.87. The van der Waals surface area contributed by atoms with Gasteiger partial charge in [-0.1, -0.05) is 86.6 Å². The average Bonchev–Trinajstić information content (AvgIpc) is 2.85. The standard InChI is InChI=1S/C27H30N2O5/c1-18(2)24(29-27(32)34-17-19-10-5-4-6-11-19)25(30)28-23(26(31)33-3)16-21-14-9-13-20-12-7-8-15-22(20)21/h4-15,18,23-24H,16-17H2,1-3H3,(H,28,30)(H,29,32)/t23-,24-/m1/s1. The lowest BCUT2D eigenvalue weighted by molar-refractivity contribution is -0.145. The molecule has 34 heavy (non-hydrogen) atoms. The maximum atomic E-state index is 13.1. The molecule has 0 saturated carbocycles. The molecular formula is C27H30N2O5.